The summed E-state index contributed by atoms with van der Waals surface area (Å²) in [4.78, 5) is 31.5. The first-order valence-electron chi connectivity index (χ1n) is 7.15. The first kappa shape index (κ1) is 15.8. The van der Waals surface area contributed by atoms with Crippen LogP contribution in [0, 0.1) is 5.92 Å². The zero-order valence-electron chi connectivity index (χ0n) is 12.0. The minimum Gasteiger partial charge on any atom is -0.335 e. The SMILES string of the molecule is C[C@H]1CCCC[C@H]1NC(=O)NC(=O)CSc1ncccn1. The molecule has 1 fully saturated rings. The molecular weight excluding hydrogens is 288 g/mol. The molecule has 1 aromatic heterocycles. The maximum Gasteiger partial charge on any atom is 0.321 e. The molecule has 0 bridgehead atoms. The summed E-state index contributed by atoms with van der Waals surface area (Å²) in [6.07, 6.45) is 7.68. The van der Waals surface area contributed by atoms with Crippen LogP contribution in [0.2, 0.25) is 0 Å². The minimum absolute atomic E-state index is 0.123. The van der Waals surface area contributed by atoms with E-state index in [1.165, 1.54) is 18.2 Å². The van der Waals surface area contributed by atoms with E-state index in [2.05, 4.69) is 27.5 Å². The van der Waals surface area contributed by atoms with Gasteiger partial charge in [0.2, 0.25) is 5.91 Å². The van der Waals surface area contributed by atoms with E-state index in [0.717, 1.165) is 19.3 Å². The first-order chi connectivity index (χ1) is 10.1. The van der Waals surface area contributed by atoms with Crippen LogP contribution in [0.4, 0.5) is 4.79 Å². The van der Waals surface area contributed by atoms with Gasteiger partial charge in [-0.1, -0.05) is 31.5 Å². The van der Waals surface area contributed by atoms with Gasteiger partial charge in [0.05, 0.1) is 5.75 Å². The number of imide groups is 1. The third-order valence-corrected chi connectivity index (χ3v) is 4.43. The van der Waals surface area contributed by atoms with Crippen molar-refractivity contribution in [1.82, 2.24) is 20.6 Å². The van der Waals surface area contributed by atoms with Crippen LogP contribution in [0.5, 0.6) is 0 Å². The molecule has 21 heavy (non-hydrogen) atoms. The van der Waals surface area contributed by atoms with Crippen LogP contribution < -0.4 is 10.6 Å². The highest BCUT2D eigenvalue weighted by Crippen LogP contribution is 2.23. The van der Waals surface area contributed by atoms with Gasteiger partial charge < -0.3 is 5.32 Å². The van der Waals surface area contributed by atoms with Crippen LogP contribution in [-0.4, -0.2) is 33.7 Å². The van der Waals surface area contributed by atoms with E-state index < -0.39 is 6.03 Å². The van der Waals surface area contributed by atoms with E-state index in [1.807, 2.05) is 0 Å². The first-order valence-corrected chi connectivity index (χ1v) is 8.14. The molecule has 1 aromatic rings. The Hall–Kier alpha value is -1.63. The number of hydrogen-bond acceptors (Lipinski definition) is 5. The molecule has 2 N–H and O–H groups in total. The Labute approximate surface area is 128 Å². The van der Waals surface area contributed by atoms with Gasteiger partial charge in [0, 0.05) is 18.4 Å². The van der Waals surface area contributed by atoms with E-state index in [9.17, 15) is 9.59 Å². The van der Waals surface area contributed by atoms with Gasteiger partial charge in [-0.15, -0.1) is 0 Å². The maximum absolute atomic E-state index is 11.8. The molecule has 0 aromatic carbocycles. The summed E-state index contributed by atoms with van der Waals surface area (Å²) < 4.78 is 0. The van der Waals surface area contributed by atoms with Gasteiger partial charge in [0.25, 0.3) is 0 Å². The van der Waals surface area contributed by atoms with E-state index in [0.29, 0.717) is 11.1 Å². The molecule has 2 atom stereocenters. The van der Waals surface area contributed by atoms with Crippen molar-refractivity contribution in [3.63, 3.8) is 0 Å². The molecule has 3 amide bonds. The number of urea groups is 1. The van der Waals surface area contributed by atoms with Gasteiger partial charge in [-0.05, 0) is 24.8 Å². The molecule has 2 rings (SSSR count). The Bertz CT molecular complexity index is 483. The highest BCUT2D eigenvalue weighted by Gasteiger charge is 2.23. The lowest BCUT2D eigenvalue weighted by molar-refractivity contribution is -0.117. The predicted molar refractivity (Wildman–Crippen MR) is 80.9 cm³/mol. The van der Waals surface area contributed by atoms with Crippen molar-refractivity contribution >= 4 is 23.7 Å². The van der Waals surface area contributed by atoms with Crippen LogP contribution in [0.1, 0.15) is 32.6 Å². The fraction of sp³-hybridized carbons (Fsp3) is 0.571. The Balaban J connectivity index is 1.70. The summed E-state index contributed by atoms with van der Waals surface area (Å²) in [5, 5.41) is 5.76. The monoisotopic (exact) mass is 308 g/mol. The second kappa shape index (κ2) is 7.97. The molecule has 0 unspecified atom stereocenters. The number of thioether (sulfide) groups is 1. The Morgan fingerprint density at radius 1 is 1.29 bits per heavy atom. The zero-order chi connectivity index (χ0) is 15.1. The second-order valence-corrected chi connectivity index (χ2v) is 6.15. The van der Waals surface area contributed by atoms with Gasteiger partial charge in [0.15, 0.2) is 5.16 Å². The largest absolute Gasteiger partial charge is 0.335 e. The summed E-state index contributed by atoms with van der Waals surface area (Å²) in [5.74, 6) is 0.248. The predicted octanol–water partition coefficient (Wildman–Crippen LogP) is 1.97. The van der Waals surface area contributed by atoms with Crippen molar-refractivity contribution in [2.75, 3.05) is 5.75 Å². The average Bonchev–Trinajstić information content (AvgIpc) is 2.48. The highest BCUT2D eigenvalue weighted by molar-refractivity contribution is 7.99. The van der Waals surface area contributed by atoms with Gasteiger partial charge in [-0.25, -0.2) is 14.8 Å². The van der Waals surface area contributed by atoms with Crippen LogP contribution in [-0.2, 0) is 4.79 Å². The number of nitrogens with one attached hydrogen (secondary N) is 2. The minimum atomic E-state index is -0.409. The van der Waals surface area contributed by atoms with Crippen molar-refractivity contribution < 1.29 is 9.59 Å². The highest BCUT2D eigenvalue weighted by atomic mass is 32.2. The Morgan fingerprint density at radius 3 is 2.71 bits per heavy atom. The van der Waals surface area contributed by atoms with Crippen molar-refractivity contribution in [3.05, 3.63) is 18.5 Å². The lowest BCUT2D eigenvalue weighted by Gasteiger charge is -2.29. The fourth-order valence-corrected chi connectivity index (χ4v) is 2.99. The molecule has 1 aliphatic carbocycles. The number of carbonyl (C=O) groups excluding carboxylic acids is 2. The summed E-state index contributed by atoms with van der Waals surface area (Å²) in [6.45, 7) is 2.13. The molecular formula is C14H20N4O2S. The zero-order valence-corrected chi connectivity index (χ0v) is 12.9. The summed E-state index contributed by atoms with van der Waals surface area (Å²) in [6, 6.07) is 1.47. The molecule has 1 saturated carbocycles. The fourth-order valence-electron chi connectivity index (χ4n) is 2.39. The van der Waals surface area contributed by atoms with E-state index >= 15 is 0 Å². The molecule has 7 heteroatoms. The standard InChI is InChI=1S/C14H20N4O2S/c1-10-5-2-3-6-11(10)17-13(20)18-12(19)9-21-14-15-7-4-8-16-14/h4,7-8,10-11H,2-3,5-6,9H2,1H3,(H2,17,18,19,20)/t10-,11+/m0/s1. The second-order valence-electron chi connectivity index (χ2n) is 5.21. The number of aromatic nitrogens is 2. The summed E-state index contributed by atoms with van der Waals surface area (Å²) >= 11 is 1.20. The van der Waals surface area contributed by atoms with Crippen molar-refractivity contribution in [2.45, 2.75) is 43.8 Å². The topological polar surface area (TPSA) is 84.0 Å². The third kappa shape index (κ3) is 5.34. The Kier molecular flexibility index (Phi) is 5.98. The van der Waals surface area contributed by atoms with Crippen LogP contribution >= 0.6 is 11.8 Å². The number of nitrogens with zero attached hydrogens (tertiary/aromatic N) is 2. The van der Waals surface area contributed by atoms with Crippen LogP contribution in [0.25, 0.3) is 0 Å². The summed E-state index contributed by atoms with van der Waals surface area (Å²) in [5.41, 5.74) is 0. The molecule has 0 saturated heterocycles. The van der Waals surface area contributed by atoms with Gasteiger partial charge in [-0.2, -0.15) is 0 Å². The lowest BCUT2D eigenvalue weighted by atomic mass is 9.86. The van der Waals surface area contributed by atoms with E-state index in [4.69, 9.17) is 0 Å². The van der Waals surface area contributed by atoms with Gasteiger partial charge in [0.1, 0.15) is 0 Å². The molecule has 0 radical (unpaired) electrons. The molecule has 1 aliphatic rings. The molecule has 0 spiro atoms. The van der Waals surface area contributed by atoms with Gasteiger partial charge >= 0.3 is 6.03 Å². The van der Waals surface area contributed by atoms with E-state index in [-0.39, 0.29) is 17.7 Å². The lowest BCUT2D eigenvalue weighted by Crippen LogP contribution is -2.48. The van der Waals surface area contributed by atoms with Crippen molar-refractivity contribution in [2.24, 2.45) is 5.92 Å². The summed E-state index contributed by atoms with van der Waals surface area (Å²) in [7, 11) is 0. The quantitative estimate of drug-likeness (QED) is 0.656. The van der Waals surface area contributed by atoms with Crippen LogP contribution in [0.15, 0.2) is 23.6 Å². The van der Waals surface area contributed by atoms with Crippen molar-refractivity contribution in [3.8, 4) is 0 Å². The maximum atomic E-state index is 11.8. The normalized spacial score (nSPS) is 21.6. The number of rotatable bonds is 4. The van der Waals surface area contributed by atoms with Crippen LogP contribution in [0.3, 0.4) is 0 Å². The number of carbonyl (C=O) groups is 2. The van der Waals surface area contributed by atoms with Gasteiger partial charge in [-0.3, -0.25) is 10.1 Å². The molecule has 6 nitrogen and oxygen atoms in total. The molecule has 0 aliphatic heterocycles. The third-order valence-electron chi connectivity index (χ3n) is 3.56. The average molecular weight is 308 g/mol. The number of amides is 3. The van der Waals surface area contributed by atoms with E-state index in [1.54, 1.807) is 18.5 Å². The Morgan fingerprint density at radius 2 is 2.00 bits per heavy atom. The number of hydrogen-bond donors (Lipinski definition) is 2. The smallest absolute Gasteiger partial charge is 0.321 e. The van der Waals surface area contributed by atoms with Crippen molar-refractivity contribution in [1.29, 1.82) is 0 Å². The molecule has 114 valence electrons. The molecule has 1 heterocycles.